The molecule has 7 nitrogen and oxygen atoms in total. The molecule has 0 saturated heterocycles. The summed E-state index contributed by atoms with van der Waals surface area (Å²) in [5, 5.41) is 6.64. The van der Waals surface area contributed by atoms with Gasteiger partial charge in [-0.3, -0.25) is 0 Å². The van der Waals surface area contributed by atoms with Gasteiger partial charge in [0.15, 0.2) is 0 Å². The highest BCUT2D eigenvalue weighted by Gasteiger charge is 2.16. The number of nitrogens with zero attached hydrogens (tertiary/aromatic N) is 5. The first kappa shape index (κ1) is 12.0. The first-order valence-electron chi connectivity index (χ1n) is 5.67. The van der Waals surface area contributed by atoms with Gasteiger partial charge < -0.3 is 14.8 Å². The van der Waals surface area contributed by atoms with Crippen molar-refractivity contribution in [2.45, 2.75) is 13.0 Å². The maximum absolute atomic E-state index is 5.78. The molecular weight excluding hydrogens is 264 g/mol. The molecule has 3 aromatic heterocycles. The SMILES string of the molecule is CC(N)c1nc(-c2nc(-c3cncn3C)no2)cs1. The van der Waals surface area contributed by atoms with Crippen molar-refractivity contribution in [2.75, 3.05) is 0 Å². The van der Waals surface area contributed by atoms with Crippen LogP contribution in [-0.2, 0) is 7.05 Å². The van der Waals surface area contributed by atoms with Crippen LogP contribution < -0.4 is 5.73 Å². The van der Waals surface area contributed by atoms with Crippen LogP contribution in [0.2, 0.25) is 0 Å². The number of rotatable bonds is 3. The molecule has 0 fully saturated rings. The summed E-state index contributed by atoms with van der Waals surface area (Å²) in [7, 11) is 1.87. The minimum absolute atomic E-state index is 0.0989. The maximum atomic E-state index is 5.78. The van der Waals surface area contributed by atoms with E-state index in [1.807, 2.05) is 23.9 Å². The van der Waals surface area contributed by atoms with Gasteiger partial charge in [0.1, 0.15) is 16.4 Å². The van der Waals surface area contributed by atoms with E-state index in [9.17, 15) is 0 Å². The standard InChI is InChI=1S/C11H12N6OS/c1-6(12)11-14-7(4-19-11)10-15-9(16-18-10)8-3-13-5-17(8)2/h3-6H,12H2,1-2H3. The molecule has 1 unspecified atom stereocenters. The number of imidazole rings is 1. The first-order valence-corrected chi connectivity index (χ1v) is 6.55. The van der Waals surface area contributed by atoms with E-state index in [2.05, 4.69) is 20.1 Å². The number of hydrogen-bond acceptors (Lipinski definition) is 7. The molecular formula is C11H12N6OS. The van der Waals surface area contributed by atoms with Gasteiger partial charge in [0.2, 0.25) is 5.82 Å². The summed E-state index contributed by atoms with van der Waals surface area (Å²) in [4.78, 5) is 12.7. The zero-order valence-electron chi connectivity index (χ0n) is 10.4. The van der Waals surface area contributed by atoms with Crippen LogP contribution in [0.15, 0.2) is 22.4 Å². The summed E-state index contributed by atoms with van der Waals surface area (Å²) in [6, 6.07) is -0.0989. The fraction of sp³-hybridized carbons (Fsp3) is 0.273. The Balaban J connectivity index is 1.94. The van der Waals surface area contributed by atoms with Crippen LogP contribution in [0.1, 0.15) is 18.0 Å². The van der Waals surface area contributed by atoms with E-state index in [1.54, 1.807) is 12.5 Å². The van der Waals surface area contributed by atoms with Crippen LogP contribution in [-0.4, -0.2) is 24.7 Å². The van der Waals surface area contributed by atoms with Crippen LogP contribution >= 0.6 is 11.3 Å². The molecule has 2 N–H and O–H groups in total. The molecule has 0 aliphatic carbocycles. The molecule has 0 aliphatic heterocycles. The van der Waals surface area contributed by atoms with E-state index < -0.39 is 0 Å². The lowest BCUT2D eigenvalue weighted by molar-refractivity contribution is 0.430. The molecule has 3 heterocycles. The van der Waals surface area contributed by atoms with Crippen molar-refractivity contribution in [2.24, 2.45) is 12.8 Å². The number of nitrogens with two attached hydrogens (primary N) is 1. The maximum Gasteiger partial charge on any atom is 0.277 e. The molecule has 0 spiro atoms. The third kappa shape index (κ3) is 2.15. The molecule has 3 aromatic rings. The first-order chi connectivity index (χ1) is 9.15. The molecule has 0 bridgehead atoms. The molecule has 0 amide bonds. The molecule has 0 aromatic carbocycles. The molecule has 8 heteroatoms. The number of thiazole rings is 1. The van der Waals surface area contributed by atoms with E-state index in [0.29, 0.717) is 17.4 Å². The Kier molecular flexibility index (Phi) is 2.88. The van der Waals surface area contributed by atoms with E-state index >= 15 is 0 Å². The lowest BCUT2D eigenvalue weighted by atomic mass is 10.4. The third-order valence-corrected chi connectivity index (χ3v) is 3.65. The summed E-state index contributed by atoms with van der Waals surface area (Å²) in [5.41, 5.74) is 7.22. The molecule has 0 saturated carbocycles. The van der Waals surface area contributed by atoms with Gasteiger partial charge in [0.25, 0.3) is 5.89 Å². The Morgan fingerprint density at radius 3 is 2.89 bits per heavy atom. The Morgan fingerprint density at radius 1 is 1.42 bits per heavy atom. The Labute approximate surface area is 113 Å². The van der Waals surface area contributed by atoms with Crippen molar-refractivity contribution in [1.29, 1.82) is 0 Å². The van der Waals surface area contributed by atoms with Crippen molar-refractivity contribution < 1.29 is 4.52 Å². The second-order valence-electron chi connectivity index (χ2n) is 4.17. The Hall–Kier alpha value is -2.06. The summed E-state index contributed by atoms with van der Waals surface area (Å²) < 4.78 is 7.05. The van der Waals surface area contributed by atoms with Gasteiger partial charge in [0, 0.05) is 12.4 Å². The van der Waals surface area contributed by atoms with Gasteiger partial charge in [-0.25, -0.2) is 9.97 Å². The second-order valence-corrected chi connectivity index (χ2v) is 5.06. The monoisotopic (exact) mass is 276 g/mol. The molecule has 1 atom stereocenters. The van der Waals surface area contributed by atoms with E-state index in [-0.39, 0.29) is 6.04 Å². The van der Waals surface area contributed by atoms with Crippen LogP contribution in [0.5, 0.6) is 0 Å². The highest BCUT2D eigenvalue weighted by atomic mass is 32.1. The summed E-state index contributed by atoms with van der Waals surface area (Å²) in [5.74, 6) is 0.879. The van der Waals surface area contributed by atoms with Crippen LogP contribution in [0.3, 0.4) is 0 Å². The Morgan fingerprint density at radius 2 is 2.26 bits per heavy atom. The van der Waals surface area contributed by atoms with Gasteiger partial charge in [0.05, 0.1) is 18.6 Å². The van der Waals surface area contributed by atoms with Crippen molar-refractivity contribution in [1.82, 2.24) is 24.7 Å². The van der Waals surface area contributed by atoms with E-state index in [1.165, 1.54) is 11.3 Å². The zero-order chi connectivity index (χ0) is 13.4. The highest BCUT2D eigenvalue weighted by Crippen LogP contribution is 2.25. The largest absolute Gasteiger partial charge is 0.332 e. The number of aromatic nitrogens is 5. The third-order valence-electron chi connectivity index (χ3n) is 2.60. The quantitative estimate of drug-likeness (QED) is 0.780. The van der Waals surface area contributed by atoms with Crippen molar-refractivity contribution in [3.63, 3.8) is 0 Å². The predicted molar refractivity (Wildman–Crippen MR) is 70.2 cm³/mol. The minimum atomic E-state index is -0.0989. The van der Waals surface area contributed by atoms with Gasteiger partial charge in [-0.2, -0.15) is 4.98 Å². The second kappa shape index (κ2) is 4.56. The number of aryl methyl sites for hydroxylation is 1. The molecule has 0 radical (unpaired) electrons. The zero-order valence-corrected chi connectivity index (χ0v) is 11.3. The summed E-state index contributed by atoms with van der Waals surface area (Å²) in [6.07, 6.45) is 3.37. The molecule has 3 rings (SSSR count). The lowest BCUT2D eigenvalue weighted by Gasteiger charge is -1.95. The fourth-order valence-electron chi connectivity index (χ4n) is 1.60. The van der Waals surface area contributed by atoms with Crippen molar-refractivity contribution in [3.05, 3.63) is 22.9 Å². The van der Waals surface area contributed by atoms with Gasteiger partial charge in [-0.05, 0) is 6.92 Å². The Bertz CT molecular complexity index is 697. The molecule has 19 heavy (non-hydrogen) atoms. The smallest absolute Gasteiger partial charge is 0.277 e. The topological polar surface area (TPSA) is 95.7 Å². The summed E-state index contributed by atoms with van der Waals surface area (Å²) in [6.45, 7) is 1.89. The molecule has 0 aliphatic rings. The van der Waals surface area contributed by atoms with Crippen LogP contribution in [0, 0.1) is 0 Å². The normalized spacial score (nSPS) is 12.8. The fourth-order valence-corrected chi connectivity index (χ4v) is 2.35. The summed E-state index contributed by atoms with van der Waals surface area (Å²) >= 11 is 1.48. The average Bonchev–Trinajstić information content (AvgIpc) is 3.07. The predicted octanol–water partition coefficient (Wildman–Crippen LogP) is 1.61. The minimum Gasteiger partial charge on any atom is -0.332 e. The average molecular weight is 276 g/mol. The lowest BCUT2D eigenvalue weighted by Crippen LogP contribution is -2.03. The van der Waals surface area contributed by atoms with Crippen molar-refractivity contribution in [3.8, 4) is 23.1 Å². The van der Waals surface area contributed by atoms with Crippen molar-refractivity contribution >= 4 is 11.3 Å². The van der Waals surface area contributed by atoms with Crippen LogP contribution in [0.4, 0.5) is 0 Å². The highest BCUT2D eigenvalue weighted by molar-refractivity contribution is 7.10. The van der Waals surface area contributed by atoms with Gasteiger partial charge in [-0.1, -0.05) is 5.16 Å². The van der Waals surface area contributed by atoms with Gasteiger partial charge >= 0.3 is 0 Å². The number of hydrogen-bond donors (Lipinski definition) is 1. The molecule has 98 valence electrons. The van der Waals surface area contributed by atoms with E-state index in [4.69, 9.17) is 10.3 Å². The van der Waals surface area contributed by atoms with Crippen LogP contribution in [0.25, 0.3) is 23.1 Å². The van der Waals surface area contributed by atoms with Gasteiger partial charge in [-0.15, -0.1) is 11.3 Å². The van der Waals surface area contributed by atoms with E-state index in [0.717, 1.165) is 10.7 Å².